The molecule has 166 valence electrons. The number of hydrogen-bond donors (Lipinski definition) is 1. The summed E-state index contributed by atoms with van der Waals surface area (Å²) in [5.41, 5.74) is 1.90. The number of piperidine rings is 1. The second-order valence-electron chi connectivity index (χ2n) is 8.66. The summed E-state index contributed by atoms with van der Waals surface area (Å²) in [5.74, 6) is -0.00382. The molecule has 2 aliphatic heterocycles. The highest BCUT2D eigenvalue weighted by atomic mass is 16.5. The second kappa shape index (κ2) is 10.3. The first-order valence-corrected chi connectivity index (χ1v) is 11.1. The fourth-order valence-corrected chi connectivity index (χ4v) is 4.40. The molecule has 2 amide bonds. The molecule has 2 heterocycles. The number of morpholine rings is 1. The first kappa shape index (κ1) is 22.6. The van der Waals surface area contributed by atoms with E-state index in [-0.39, 0.29) is 36.5 Å². The van der Waals surface area contributed by atoms with E-state index in [0.29, 0.717) is 0 Å². The molecule has 0 aliphatic carbocycles. The highest BCUT2D eigenvalue weighted by Crippen LogP contribution is 2.24. The van der Waals surface area contributed by atoms with Gasteiger partial charge in [-0.3, -0.25) is 14.5 Å². The lowest BCUT2D eigenvalue weighted by Crippen LogP contribution is -2.54. The summed E-state index contributed by atoms with van der Waals surface area (Å²) in [4.78, 5) is 31.7. The van der Waals surface area contributed by atoms with Crippen LogP contribution in [0.25, 0.3) is 0 Å². The van der Waals surface area contributed by atoms with E-state index in [1.165, 1.54) is 6.42 Å². The van der Waals surface area contributed by atoms with Gasteiger partial charge in [0.2, 0.25) is 11.8 Å². The third kappa shape index (κ3) is 5.52. The summed E-state index contributed by atoms with van der Waals surface area (Å²) in [6, 6.07) is 8.09. The number of rotatable bonds is 6. The number of nitrogens with zero attached hydrogens (tertiary/aromatic N) is 3. The van der Waals surface area contributed by atoms with E-state index in [1.807, 2.05) is 48.0 Å². The average molecular weight is 417 g/mol. The van der Waals surface area contributed by atoms with Crippen LogP contribution in [0, 0.1) is 0 Å². The summed E-state index contributed by atoms with van der Waals surface area (Å²) in [7, 11) is 1.84. The molecule has 2 fully saturated rings. The largest absolute Gasteiger partial charge is 0.378 e. The lowest BCUT2D eigenvalue weighted by molar-refractivity contribution is -0.142. The van der Waals surface area contributed by atoms with Crippen LogP contribution in [0.3, 0.4) is 0 Å². The van der Waals surface area contributed by atoms with Gasteiger partial charge in [-0.1, -0.05) is 0 Å². The van der Waals surface area contributed by atoms with Gasteiger partial charge in [0, 0.05) is 36.5 Å². The molecule has 1 aromatic rings. The molecular weight excluding hydrogens is 380 g/mol. The van der Waals surface area contributed by atoms with Crippen LogP contribution in [0.4, 0.5) is 11.4 Å². The minimum atomic E-state index is -0.331. The predicted octanol–water partition coefficient (Wildman–Crippen LogP) is 2.57. The first-order valence-electron chi connectivity index (χ1n) is 11.1. The van der Waals surface area contributed by atoms with Crippen molar-refractivity contribution in [1.29, 1.82) is 0 Å². The number of nitrogens with one attached hydrogen (secondary N) is 1. The highest BCUT2D eigenvalue weighted by molar-refractivity contribution is 5.93. The fourth-order valence-electron chi connectivity index (χ4n) is 4.40. The Morgan fingerprint density at radius 2 is 1.73 bits per heavy atom. The van der Waals surface area contributed by atoms with Gasteiger partial charge in [0.15, 0.2) is 0 Å². The lowest BCUT2D eigenvalue weighted by Gasteiger charge is -2.41. The number of anilines is 2. The summed E-state index contributed by atoms with van der Waals surface area (Å²) >= 11 is 0. The van der Waals surface area contributed by atoms with E-state index < -0.39 is 0 Å². The number of hydrogen-bond acceptors (Lipinski definition) is 5. The number of carbonyl (C=O) groups excluding carboxylic acids is 2. The zero-order valence-electron chi connectivity index (χ0n) is 18.8. The molecule has 0 saturated carbocycles. The van der Waals surface area contributed by atoms with Gasteiger partial charge in [0.05, 0.1) is 25.8 Å². The number of benzene rings is 1. The van der Waals surface area contributed by atoms with Gasteiger partial charge in [0.25, 0.3) is 0 Å². The van der Waals surface area contributed by atoms with Crippen molar-refractivity contribution in [3.8, 4) is 0 Å². The van der Waals surface area contributed by atoms with Gasteiger partial charge in [-0.2, -0.15) is 0 Å². The Kier molecular flexibility index (Phi) is 7.72. The average Bonchev–Trinajstić information content (AvgIpc) is 2.74. The van der Waals surface area contributed by atoms with Crippen LogP contribution in [0.5, 0.6) is 0 Å². The van der Waals surface area contributed by atoms with Crippen molar-refractivity contribution in [3.05, 3.63) is 24.3 Å². The minimum Gasteiger partial charge on any atom is -0.378 e. The molecule has 0 unspecified atom stereocenters. The SMILES string of the molecule is C[C@H](C(=O)N1[C@H](C)CCC[C@H]1C)N(C)CC(=O)Nc1ccc(N2CCOCC2)cc1. The molecule has 1 aromatic carbocycles. The van der Waals surface area contributed by atoms with Crippen LogP contribution < -0.4 is 10.2 Å². The summed E-state index contributed by atoms with van der Waals surface area (Å²) in [6.45, 7) is 9.57. The van der Waals surface area contributed by atoms with Gasteiger partial charge in [0.1, 0.15) is 0 Å². The van der Waals surface area contributed by atoms with Gasteiger partial charge in [-0.05, 0) is 71.3 Å². The Labute approximate surface area is 180 Å². The number of carbonyl (C=O) groups is 2. The molecule has 3 rings (SSSR count). The van der Waals surface area contributed by atoms with Gasteiger partial charge in [-0.15, -0.1) is 0 Å². The molecule has 3 atom stereocenters. The Balaban J connectivity index is 1.51. The third-order valence-corrected chi connectivity index (χ3v) is 6.39. The molecule has 0 aromatic heterocycles. The number of likely N-dealkylation sites (tertiary alicyclic amines) is 1. The second-order valence-corrected chi connectivity index (χ2v) is 8.66. The van der Waals surface area contributed by atoms with Gasteiger partial charge >= 0.3 is 0 Å². The van der Waals surface area contributed by atoms with Crippen molar-refractivity contribution in [2.45, 2.75) is 58.2 Å². The van der Waals surface area contributed by atoms with Crippen LogP contribution in [0.15, 0.2) is 24.3 Å². The van der Waals surface area contributed by atoms with Crippen molar-refractivity contribution >= 4 is 23.2 Å². The number of amides is 2. The molecule has 2 aliphatic rings. The molecule has 0 spiro atoms. The summed E-state index contributed by atoms with van der Waals surface area (Å²) in [5, 5.41) is 2.95. The lowest BCUT2D eigenvalue weighted by atomic mass is 9.96. The molecule has 7 heteroatoms. The van der Waals surface area contributed by atoms with E-state index in [0.717, 1.165) is 50.5 Å². The smallest absolute Gasteiger partial charge is 0.240 e. The van der Waals surface area contributed by atoms with Crippen LogP contribution >= 0.6 is 0 Å². The van der Waals surface area contributed by atoms with Crippen molar-refractivity contribution in [2.75, 3.05) is 50.1 Å². The maximum absolute atomic E-state index is 13.0. The first-order chi connectivity index (χ1) is 14.4. The molecule has 0 radical (unpaired) electrons. The monoisotopic (exact) mass is 416 g/mol. The van der Waals surface area contributed by atoms with E-state index in [9.17, 15) is 9.59 Å². The third-order valence-electron chi connectivity index (χ3n) is 6.39. The highest BCUT2D eigenvalue weighted by Gasteiger charge is 2.33. The molecule has 2 saturated heterocycles. The Morgan fingerprint density at radius 3 is 2.33 bits per heavy atom. The van der Waals surface area contributed by atoms with Crippen LogP contribution in [-0.4, -0.2) is 79.6 Å². The van der Waals surface area contributed by atoms with Crippen molar-refractivity contribution < 1.29 is 14.3 Å². The van der Waals surface area contributed by atoms with E-state index >= 15 is 0 Å². The fraction of sp³-hybridized carbons (Fsp3) is 0.652. The number of ether oxygens (including phenoxy) is 1. The standard InChI is InChI=1S/C23H36N4O3/c1-17-6-5-7-18(2)27(17)23(29)19(3)25(4)16-22(28)24-20-8-10-21(11-9-20)26-12-14-30-15-13-26/h8-11,17-19H,5-7,12-16H2,1-4H3,(H,24,28)/t17-,18-,19-/m1/s1. The molecule has 0 bridgehead atoms. The van der Waals surface area contributed by atoms with E-state index in [2.05, 4.69) is 24.1 Å². The predicted molar refractivity (Wildman–Crippen MR) is 120 cm³/mol. The Morgan fingerprint density at radius 1 is 1.13 bits per heavy atom. The molecular formula is C23H36N4O3. The topological polar surface area (TPSA) is 65.1 Å². The van der Waals surface area contributed by atoms with Crippen LogP contribution in [0.2, 0.25) is 0 Å². The number of likely N-dealkylation sites (N-methyl/N-ethyl adjacent to an activating group) is 1. The summed E-state index contributed by atoms with van der Waals surface area (Å²) < 4.78 is 5.39. The quantitative estimate of drug-likeness (QED) is 0.772. The molecule has 7 nitrogen and oxygen atoms in total. The zero-order chi connectivity index (χ0) is 21.7. The Bertz CT molecular complexity index is 708. The Hall–Kier alpha value is -2.12. The van der Waals surface area contributed by atoms with Crippen molar-refractivity contribution in [3.63, 3.8) is 0 Å². The van der Waals surface area contributed by atoms with Crippen LogP contribution in [-0.2, 0) is 14.3 Å². The van der Waals surface area contributed by atoms with Crippen LogP contribution in [0.1, 0.15) is 40.0 Å². The summed E-state index contributed by atoms with van der Waals surface area (Å²) in [6.07, 6.45) is 3.27. The van der Waals surface area contributed by atoms with Crippen molar-refractivity contribution in [2.24, 2.45) is 0 Å². The van der Waals surface area contributed by atoms with Gasteiger partial charge < -0.3 is 19.9 Å². The van der Waals surface area contributed by atoms with Crippen molar-refractivity contribution in [1.82, 2.24) is 9.80 Å². The van der Waals surface area contributed by atoms with Gasteiger partial charge in [-0.25, -0.2) is 0 Å². The normalized spacial score (nSPS) is 23.4. The maximum Gasteiger partial charge on any atom is 0.240 e. The molecule has 30 heavy (non-hydrogen) atoms. The maximum atomic E-state index is 13.0. The van der Waals surface area contributed by atoms with E-state index in [1.54, 1.807) is 0 Å². The minimum absolute atomic E-state index is 0.111. The molecule has 1 N–H and O–H groups in total. The van der Waals surface area contributed by atoms with E-state index in [4.69, 9.17) is 4.74 Å². The zero-order valence-corrected chi connectivity index (χ0v) is 18.8.